The first-order chi connectivity index (χ1) is 10.5. The van der Waals surface area contributed by atoms with E-state index in [1.165, 1.54) is 16.7 Å². The van der Waals surface area contributed by atoms with Gasteiger partial charge in [0, 0.05) is 18.4 Å². The third kappa shape index (κ3) is 3.83. The average molecular weight is 295 g/mol. The zero-order chi connectivity index (χ0) is 16.1. The molecule has 0 aliphatic carbocycles. The number of Topliss-reactive ketones (excluding diaryl/α,β-unsaturated/α-hetero) is 1. The summed E-state index contributed by atoms with van der Waals surface area (Å²) >= 11 is 0. The van der Waals surface area contributed by atoms with E-state index in [9.17, 15) is 4.79 Å². The third-order valence-electron chi connectivity index (χ3n) is 4.29. The highest BCUT2D eigenvalue weighted by molar-refractivity contribution is 5.77. The summed E-state index contributed by atoms with van der Waals surface area (Å²) in [5.74, 6) is 0.346. The molecule has 0 amide bonds. The van der Waals surface area contributed by atoms with Gasteiger partial charge >= 0.3 is 0 Å². The number of rotatable bonds is 6. The molecule has 0 saturated heterocycles. The molecule has 0 aliphatic heterocycles. The van der Waals surface area contributed by atoms with E-state index in [1.54, 1.807) is 6.92 Å². The first kappa shape index (κ1) is 16.4. The van der Waals surface area contributed by atoms with Crippen LogP contribution < -0.4 is 0 Å². The Morgan fingerprint density at radius 1 is 0.955 bits per heavy atom. The molecule has 0 fully saturated rings. The van der Waals surface area contributed by atoms with Gasteiger partial charge in [-0.15, -0.1) is 0 Å². The minimum Gasteiger partial charge on any atom is -0.303 e. The number of hydrogen-bond donors (Lipinski definition) is 0. The fourth-order valence-corrected chi connectivity index (χ4v) is 2.87. The summed E-state index contributed by atoms with van der Waals surface area (Å²) in [4.78, 5) is 14.0. The maximum absolute atomic E-state index is 11.8. The van der Waals surface area contributed by atoms with Crippen LogP contribution in [-0.2, 0) is 4.79 Å². The third-order valence-corrected chi connectivity index (χ3v) is 4.29. The monoisotopic (exact) mass is 295 g/mol. The van der Waals surface area contributed by atoms with E-state index in [4.69, 9.17) is 0 Å². The second-order valence-electron chi connectivity index (χ2n) is 6.14. The largest absolute Gasteiger partial charge is 0.303 e. The average Bonchev–Trinajstić information content (AvgIpc) is 2.52. The Kier molecular flexibility index (Phi) is 5.51. The highest BCUT2D eigenvalue weighted by Crippen LogP contribution is 2.34. The van der Waals surface area contributed by atoms with Crippen molar-refractivity contribution in [3.8, 4) is 0 Å². The first-order valence-corrected chi connectivity index (χ1v) is 7.80. The molecule has 2 aromatic rings. The summed E-state index contributed by atoms with van der Waals surface area (Å²) in [6.07, 6.45) is 0.543. The Labute approximate surface area is 133 Å². The van der Waals surface area contributed by atoms with Gasteiger partial charge in [0.2, 0.25) is 0 Å². The summed E-state index contributed by atoms with van der Waals surface area (Å²) in [6.45, 7) is 3.88. The highest BCUT2D eigenvalue weighted by Gasteiger charge is 2.21. The van der Waals surface area contributed by atoms with Crippen LogP contribution in [-0.4, -0.2) is 24.8 Å². The molecule has 0 saturated carbocycles. The van der Waals surface area contributed by atoms with Crippen molar-refractivity contribution in [1.82, 2.24) is 4.90 Å². The minimum absolute atomic E-state index is 0.122. The molecule has 22 heavy (non-hydrogen) atoms. The standard InChI is InChI=1S/C20H25NO/c1-15(22)14-20(17-10-6-5-7-11-17)19-13-9-8-12-18(19)16(2)21(3)4/h5-13,16,20H,14H2,1-4H3/t16-,20-/m1/s1. The van der Waals surface area contributed by atoms with Crippen LogP contribution in [0.3, 0.4) is 0 Å². The van der Waals surface area contributed by atoms with Gasteiger partial charge in [-0.3, -0.25) is 4.79 Å². The van der Waals surface area contributed by atoms with E-state index in [0.29, 0.717) is 12.5 Å². The van der Waals surface area contributed by atoms with Gasteiger partial charge in [0.15, 0.2) is 0 Å². The van der Waals surface area contributed by atoms with Gasteiger partial charge in [-0.05, 0) is 44.6 Å². The lowest BCUT2D eigenvalue weighted by molar-refractivity contribution is -0.117. The van der Waals surface area contributed by atoms with Crippen molar-refractivity contribution >= 4 is 5.78 Å². The molecule has 2 atom stereocenters. The molecule has 2 heteroatoms. The number of nitrogens with zero attached hydrogens (tertiary/aromatic N) is 1. The maximum atomic E-state index is 11.8. The summed E-state index contributed by atoms with van der Waals surface area (Å²) in [5.41, 5.74) is 3.75. The predicted octanol–water partition coefficient (Wildman–Crippen LogP) is 4.42. The minimum atomic E-state index is 0.122. The van der Waals surface area contributed by atoms with Crippen LogP contribution in [0.15, 0.2) is 54.6 Å². The van der Waals surface area contributed by atoms with Crippen LogP contribution in [0.25, 0.3) is 0 Å². The molecule has 0 aromatic heterocycles. The molecule has 116 valence electrons. The van der Waals surface area contributed by atoms with Gasteiger partial charge in [0.05, 0.1) is 0 Å². The lowest BCUT2D eigenvalue weighted by atomic mass is 9.83. The Hall–Kier alpha value is -1.93. The van der Waals surface area contributed by atoms with Crippen LogP contribution >= 0.6 is 0 Å². The molecule has 0 radical (unpaired) electrons. The molecule has 0 bridgehead atoms. The number of carbonyl (C=O) groups excluding carboxylic acids is 1. The van der Waals surface area contributed by atoms with Crippen molar-refractivity contribution in [2.24, 2.45) is 0 Å². The lowest BCUT2D eigenvalue weighted by Crippen LogP contribution is -2.19. The Morgan fingerprint density at radius 2 is 1.50 bits per heavy atom. The highest BCUT2D eigenvalue weighted by atomic mass is 16.1. The van der Waals surface area contributed by atoms with Crippen molar-refractivity contribution < 1.29 is 4.79 Å². The summed E-state index contributed by atoms with van der Waals surface area (Å²) in [5, 5.41) is 0. The SMILES string of the molecule is CC(=O)C[C@H](c1ccccc1)c1ccccc1[C@@H](C)N(C)C. The summed E-state index contributed by atoms with van der Waals surface area (Å²) < 4.78 is 0. The molecule has 2 aromatic carbocycles. The van der Waals surface area contributed by atoms with E-state index < -0.39 is 0 Å². The van der Waals surface area contributed by atoms with Crippen LogP contribution in [0, 0.1) is 0 Å². The number of benzene rings is 2. The zero-order valence-corrected chi connectivity index (χ0v) is 13.9. The molecule has 0 heterocycles. The fraction of sp³-hybridized carbons (Fsp3) is 0.350. The van der Waals surface area contributed by atoms with Crippen LogP contribution in [0.5, 0.6) is 0 Å². The smallest absolute Gasteiger partial charge is 0.130 e. The Morgan fingerprint density at radius 3 is 2.05 bits per heavy atom. The van der Waals surface area contributed by atoms with Gasteiger partial charge in [-0.25, -0.2) is 0 Å². The van der Waals surface area contributed by atoms with Crippen molar-refractivity contribution in [3.63, 3.8) is 0 Å². The molecule has 0 aliphatic rings. The number of hydrogen-bond acceptors (Lipinski definition) is 2. The molecular formula is C20H25NO. The van der Waals surface area contributed by atoms with E-state index in [2.05, 4.69) is 62.3 Å². The van der Waals surface area contributed by atoms with Gasteiger partial charge < -0.3 is 4.90 Å². The van der Waals surface area contributed by atoms with Crippen molar-refractivity contribution in [3.05, 3.63) is 71.3 Å². The summed E-state index contributed by atoms with van der Waals surface area (Å²) in [6, 6.07) is 19.1. The maximum Gasteiger partial charge on any atom is 0.130 e. The zero-order valence-electron chi connectivity index (χ0n) is 13.9. The normalized spacial score (nSPS) is 13.9. The van der Waals surface area contributed by atoms with Crippen LogP contribution in [0.1, 0.15) is 48.9 Å². The second kappa shape index (κ2) is 7.37. The van der Waals surface area contributed by atoms with Crippen molar-refractivity contribution in [2.45, 2.75) is 32.2 Å². The van der Waals surface area contributed by atoms with Gasteiger partial charge in [-0.2, -0.15) is 0 Å². The lowest BCUT2D eigenvalue weighted by Gasteiger charge is -2.27. The van der Waals surface area contributed by atoms with Gasteiger partial charge in [-0.1, -0.05) is 54.6 Å². The van der Waals surface area contributed by atoms with E-state index in [-0.39, 0.29) is 11.7 Å². The van der Waals surface area contributed by atoms with Gasteiger partial charge in [0.25, 0.3) is 0 Å². The van der Waals surface area contributed by atoms with Crippen molar-refractivity contribution in [1.29, 1.82) is 0 Å². The van der Waals surface area contributed by atoms with Crippen molar-refractivity contribution in [2.75, 3.05) is 14.1 Å². The van der Waals surface area contributed by atoms with E-state index in [1.807, 2.05) is 18.2 Å². The molecule has 2 rings (SSSR count). The fourth-order valence-electron chi connectivity index (χ4n) is 2.87. The van der Waals surface area contributed by atoms with Crippen LogP contribution in [0.4, 0.5) is 0 Å². The first-order valence-electron chi connectivity index (χ1n) is 7.80. The predicted molar refractivity (Wildman–Crippen MR) is 92.1 cm³/mol. The Balaban J connectivity index is 2.51. The molecular weight excluding hydrogens is 270 g/mol. The topological polar surface area (TPSA) is 20.3 Å². The quantitative estimate of drug-likeness (QED) is 0.786. The number of ketones is 1. The van der Waals surface area contributed by atoms with E-state index in [0.717, 1.165) is 0 Å². The second-order valence-corrected chi connectivity index (χ2v) is 6.14. The van der Waals surface area contributed by atoms with Crippen LogP contribution in [0.2, 0.25) is 0 Å². The Bertz CT molecular complexity index is 619. The number of carbonyl (C=O) groups is 1. The summed E-state index contributed by atoms with van der Waals surface area (Å²) in [7, 11) is 4.17. The van der Waals surface area contributed by atoms with E-state index >= 15 is 0 Å². The molecule has 0 unspecified atom stereocenters. The molecule has 0 spiro atoms. The molecule has 0 N–H and O–H groups in total. The van der Waals surface area contributed by atoms with Gasteiger partial charge in [0.1, 0.15) is 5.78 Å². The molecule has 2 nitrogen and oxygen atoms in total.